The smallest absolute Gasteiger partial charge is 0.150 e. The van der Waals surface area contributed by atoms with E-state index in [9.17, 15) is 5.11 Å². The zero-order valence-electron chi connectivity index (χ0n) is 9.20. The van der Waals surface area contributed by atoms with Crippen LogP contribution in [0.2, 0.25) is 0 Å². The molecule has 0 spiro atoms. The van der Waals surface area contributed by atoms with Gasteiger partial charge in [0.25, 0.3) is 0 Å². The third-order valence-corrected chi connectivity index (χ3v) is 3.36. The molecule has 0 saturated carbocycles. The van der Waals surface area contributed by atoms with Crippen molar-refractivity contribution in [2.45, 2.75) is 20.0 Å². The number of benzene rings is 1. The van der Waals surface area contributed by atoms with Gasteiger partial charge in [-0.3, -0.25) is 0 Å². The van der Waals surface area contributed by atoms with E-state index in [2.05, 4.69) is 15.9 Å². The molecule has 16 heavy (non-hydrogen) atoms. The Hall–Kier alpha value is -1.06. The molecular formula is C13H13BrO2. The van der Waals surface area contributed by atoms with Crippen molar-refractivity contribution in [3.05, 3.63) is 57.5 Å². The Labute approximate surface area is 103 Å². The van der Waals surface area contributed by atoms with E-state index in [1.165, 1.54) is 0 Å². The largest absolute Gasteiger partial charge is 0.465 e. The van der Waals surface area contributed by atoms with E-state index >= 15 is 0 Å². The van der Waals surface area contributed by atoms with Gasteiger partial charge in [-0.2, -0.15) is 0 Å². The summed E-state index contributed by atoms with van der Waals surface area (Å²) in [7, 11) is 0. The fraction of sp³-hybridized carbons (Fsp3) is 0.231. The van der Waals surface area contributed by atoms with Crippen molar-refractivity contribution in [3.63, 3.8) is 0 Å². The van der Waals surface area contributed by atoms with Crippen LogP contribution in [-0.2, 0) is 0 Å². The molecule has 0 saturated heterocycles. The SMILES string of the molecule is Cc1cccc(C)c1C(O)c1occc1Br. The molecule has 0 aliphatic heterocycles. The minimum atomic E-state index is -0.717. The van der Waals surface area contributed by atoms with Gasteiger partial charge in [-0.15, -0.1) is 0 Å². The summed E-state index contributed by atoms with van der Waals surface area (Å²) < 4.78 is 6.09. The highest BCUT2D eigenvalue weighted by atomic mass is 79.9. The number of hydrogen-bond donors (Lipinski definition) is 1. The molecular weight excluding hydrogens is 268 g/mol. The van der Waals surface area contributed by atoms with Gasteiger partial charge in [0.2, 0.25) is 0 Å². The van der Waals surface area contributed by atoms with Gasteiger partial charge in [-0.1, -0.05) is 18.2 Å². The number of hydrogen-bond acceptors (Lipinski definition) is 2. The van der Waals surface area contributed by atoms with Crippen LogP contribution in [0.15, 0.2) is 39.4 Å². The molecule has 1 unspecified atom stereocenters. The first-order valence-corrected chi connectivity index (χ1v) is 5.87. The lowest BCUT2D eigenvalue weighted by atomic mass is 9.97. The molecule has 1 aromatic carbocycles. The van der Waals surface area contributed by atoms with E-state index in [-0.39, 0.29) is 0 Å². The highest BCUT2D eigenvalue weighted by Crippen LogP contribution is 2.32. The first kappa shape index (κ1) is 11.4. The summed E-state index contributed by atoms with van der Waals surface area (Å²) in [4.78, 5) is 0. The molecule has 0 aliphatic rings. The van der Waals surface area contributed by atoms with Crippen molar-refractivity contribution in [2.24, 2.45) is 0 Å². The number of aliphatic hydroxyl groups is 1. The fourth-order valence-electron chi connectivity index (χ4n) is 1.89. The molecule has 1 N–H and O–H groups in total. The number of rotatable bonds is 2. The molecule has 1 heterocycles. The maximum absolute atomic E-state index is 10.3. The van der Waals surface area contributed by atoms with E-state index in [1.807, 2.05) is 32.0 Å². The lowest BCUT2D eigenvalue weighted by molar-refractivity contribution is 0.187. The Morgan fingerprint density at radius 2 is 1.81 bits per heavy atom. The number of aliphatic hydroxyl groups excluding tert-OH is 1. The highest BCUT2D eigenvalue weighted by molar-refractivity contribution is 9.10. The van der Waals surface area contributed by atoms with E-state index in [4.69, 9.17) is 4.42 Å². The Morgan fingerprint density at radius 3 is 2.31 bits per heavy atom. The Kier molecular flexibility index (Phi) is 3.17. The lowest BCUT2D eigenvalue weighted by Crippen LogP contribution is -2.03. The third-order valence-electron chi connectivity index (χ3n) is 2.71. The van der Waals surface area contributed by atoms with Crippen molar-refractivity contribution in [1.82, 2.24) is 0 Å². The topological polar surface area (TPSA) is 33.4 Å². The summed E-state index contributed by atoms with van der Waals surface area (Å²) in [5.74, 6) is 0.553. The molecule has 0 amide bonds. The molecule has 2 rings (SSSR count). The molecule has 2 aromatic rings. The molecule has 0 bridgehead atoms. The molecule has 0 aliphatic carbocycles. The normalized spacial score (nSPS) is 12.8. The van der Waals surface area contributed by atoms with E-state index in [0.717, 1.165) is 21.2 Å². The van der Waals surface area contributed by atoms with E-state index < -0.39 is 6.10 Å². The van der Waals surface area contributed by atoms with Crippen LogP contribution in [-0.4, -0.2) is 5.11 Å². The van der Waals surface area contributed by atoms with Crippen LogP contribution in [0.3, 0.4) is 0 Å². The van der Waals surface area contributed by atoms with Gasteiger partial charge < -0.3 is 9.52 Å². The fourth-order valence-corrected chi connectivity index (χ4v) is 2.31. The van der Waals surface area contributed by atoms with Crippen LogP contribution >= 0.6 is 15.9 Å². The highest BCUT2D eigenvalue weighted by Gasteiger charge is 2.20. The van der Waals surface area contributed by atoms with Gasteiger partial charge in [0.15, 0.2) is 5.76 Å². The zero-order chi connectivity index (χ0) is 11.7. The Morgan fingerprint density at radius 1 is 1.19 bits per heavy atom. The second kappa shape index (κ2) is 4.44. The van der Waals surface area contributed by atoms with Gasteiger partial charge in [-0.25, -0.2) is 0 Å². The number of halogens is 1. The summed E-state index contributed by atoms with van der Waals surface area (Å²) in [6.07, 6.45) is 0.849. The van der Waals surface area contributed by atoms with Crippen molar-refractivity contribution >= 4 is 15.9 Å². The summed E-state index contributed by atoms with van der Waals surface area (Å²) in [5.41, 5.74) is 3.05. The predicted octanol–water partition coefficient (Wildman–Crippen LogP) is 3.74. The van der Waals surface area contributed by atoms with E-state index in [0.29, 0.717) is 5.76 Å². The molecule has 0 fully saturated rings. The van der Waals surface area contributed by atoms with Crippen LogP contribution in [0, 0.1) is 13.8 Å². The standard InChI is InChI=1S/C13H13BrO2/c1-8-4-3-5-9(2)11(8)12(15)13-10(14)6-7-16-13/h3-7,12,15H,1-2H3. The first-order valence-electron chi connectivity index (χ1n) is 5.08. The Balaban J connectivity index is 2.49. The quantitative estimate of drug-likeness (QED) is 0.909. The van der Waals surface area contributed by atoms with Gasteiger partial charge in [0.1, 0.15) is 6.10 Å². The average molecular weight is 281 g/mol. The molecule has 1 atom stereocenters. The first-order chi connectivity index (χ1) is 7.61. The van der Waals surface area contributed by atoms with Crippen molar-refractivity contribution in [1.29, 1.82) is 0 Å². The second-order valence-corrected chi connectivity index (χ2v) is 4.70. The van der Waals surface area contributed by atoms with Crippen molar-refractivity contribution in [3.8, 4) is 0 Å². The van der Waals surface area contributed by atoms with Crippen LogP contribution < -0.4 is 0 Å². The van der Waals surface area contributed by atoms with Crippen LogP contribution in [0.25, 0.3) is 0 Å². The third kappa shape index (κ3) is 1.93. The number of aryl methyl sites for hydroxylation is 2. The van der Waals surface area contributed by atoms with Gasteiger partial charge in [0, 0.05) is 0 Å². The predicted molar refractivity (Wildman–Crippen MR) is 66.4 cm³/mol. The van der Waals surface area contributed by atoms with Crippen molar-refractivity contribution in [2.75, 3.05) is 0 Å². The average Bonchev–Trinajstić information content (AvgIpc) is 2.64. The second-order valence-electron chi connectivity index (χ2n) is 3.84. The maximum atomic E-state index is 10.3. The molecule has 2 nitrogen and oxygen atoms in total. The summed E-state index contributed by atoms with van der Waals surface area (Å²) in [5, 5.41) is 10.3. The molecule has 1 aromatic heterocycles. The van der Waals surface area contributed by atoms with Crippen molar-refractivity contribution < 1.29 is 9.52 Å². The monoisotopic (exact) mass is 280 g/mol. The zero-order valence-corrected chi connectivity index (χ0v) is 10.8. The minimum Gasteiger partial charge on any atom is -0.465 e. The van der Waals surface area contributed by atoms with Crippen LogP contribution in [0.1, 0.15) is 28.6 Å². The number of furan rings is 1. The summed E-state index contributed by atoms with van der Waals surface area (Å²) in [6, 6.07) is 7.75. The summed E-state index contributed by atoms with van der Waals surface area (Å²) in [6.45, 7) is 3.98. The van der Waals surface area contributed by atoms with Gasteiger partial charge in [0.05, 0.1) is 10.7 Å². The van der Waals surface area contributed by atoms with E-state index in [1.54, 1.807) is 12.3 Å². The molecule has 3 heteroatoms. The maximum Gasteiger partial charge on any atom is 0.150 e. The molecule has 0 radical (unpaired) electrons. The minimum absolute atomic E-state index is 0.553. The van der Waals surface area contributed by atoms with Crippen LogP contribution in [0.4, 0.5) is 0 Å². The lowest BCUT2D eigenvalue weighted by Gasteiger charge is -2.14. The van der Waals surface area contributed by atoms with Gasteiger partial charge in [-0.05, 0) is 52.5 Å². The summed E-state index contributed by atoms with van der Waals surface area (Å²) >= 11 is 3.36. The van der Waals surface area contributed by atoms with Gasteiger partial charge >= 0.3 is 0 Å². The molecule has 84 valence electrons. The Bertz CT molecular complexity index is 482. The van der Waals surface area contributed by atoms with Crippen LogP contribution in [0.5, 0.6) is 0 Å².